The largest absolute Gasteiger partial charge is 0.337 e. The molecule has 0 unspecified atom stereocenters. The Bertz CT molecular complexity index is 799. The molecule has 2 aromatic rings. The number of nitrogens with one attached hydrogen (secondary N) is 2. The van der Waals surface area contributed by atoms with Gasteiger partial charge in [-0.05, 0) is 41.3 Å². The molecule has 1 atom stereocenters. The van der Waals surface area contributed by atoms with Crippen LogP contribution >= 0.6 is 11.3 Å². The van der Waals surface area contributed by atoms with Crippen molar-refractivity contribution in [3.63, 3.8) is 0 Å². The van der Waals surface area contributed by atoms with Crippen LogP contribution in [0, 0.1) is 11.3 Å². The predicted molar refractivity (Wildman–Crippen MR) is 114 cm³/mol. The van der Waals surface area contributed by atoms with E-state index in [4.69, 9.17) is 0 Å². The van der Waals surface area contributed by atoms with Crippen molar-refractivity contribution in [2.45, 2.75) is 63.5 Å². The van der Waals surface area contributed by atoms with E-state index in [9.17, 15) is 10.1 Å². The highest BCUT2D eigenvalue weighted by Crippen LogP contribution is 2.29. The summed E-state index contributed by atoms with van der Waals surface area (Å²) in [4.78, 5) is 13.8. The highest BCUT2D eigenvalue weighted by atomic mass is 32.1. The quantitative estimate of drug-likeness (QED) is 0.701. The van der Waals surface area contributed by atoms with Crippen LogP contribution in [0.25, 0.3) is 0 Å². The second kappa shape index (κ2) is 9.36. The van der Waals surface area contributed by atoms with Gasteiger partial charge in [0.1, 0.15) is 5.54 Å². The molecule has 5 heteroatoms. The molecular formula is C23H29N3OS. The number of carbonyl (C=O) groups excluding carboxylic acids is 1. The SMILES string of the molecule is CC(C)c1ccc([C@H](NCC(=O)NC2(C#N)CCCCC2)c2cccs2)cc1. The van der Waals surface area contributed by atoms with Crippen molar-refractivity contribution in [1.29, 1.82) is 5.26 Å². The summed E-state index contributed by atoms with van der Waals surface area (Å²) in [6.07, 6.45) is 4.65. The summed E-state index contributed by atoms with van der Waals surface area (Å²) in [5, 5.41) is 18.0. The van der Waals surface area contributed by atoms with Crippen LogP contribution in [0.4, 0.5) is 0 Å². The third kappa shape index (κ3) is 5.01. The lowest BCUT2D eigenvalue weighted by Gasteiger charge is -2.31. The van der Waals surface area contributed by atoms with Crippen LogP contribution < -0.4 is 10.6 Å². The minimum Gasteiger partial charge on any atom is -0.337 e. The van der Waals surface area contributed by atoms with Gasteiger partial charge in [-0.1, -0.05) is 63.4 Å². The lowest BCUT2D eigenvalue weighted by atomic mass is 9.83. The third-order valence-corrected chi connectivity index (χ3v) is 6.47. The molecule has 1 aromatic heterocycles. The van der Waals surface area contributed by atoms with Gasteiger partial charge in [0.15, 0.2) is 0 Å². The van der Waals surface area contributed by atoms with E-state index in [1.54, 1.807) is 11.3 Å². The van der Waals surface area contributed by atoms with E-state index in [1.807, 2.05) is 6.07 Å². The first-order valence-corrected chi connectivity index (χ1v) is 11.0. The smallest absolute Gasteiger partial charge is 0.235 e. The van der Waals surface area contributed by atoms with Crippen LogP contribution in [0.3, 0.4) is 0 Å². The number of thiophene rings is 1. The van der Waals surface area contributed by atoms with Crippen LogP contribution in [-0.4, -0.2) is 18.0 Å². The maximum absolute atomic E-state index is 12.6. The summed E-state index contributed by atoms with van der Waals surface area (Å²) in [5.74, 6) is 0.384. The van der Waals surface area contributed by atoms with Crippen molar-refractivity contribution in [3.05, 3.63) is 57.8 Å². The fourth-order valence-electron chi connectivity index (χ4n) is 3.84. The molecule has 0 bridgehead atoms. The van der Waals surface area contributed by atoms with Crippen LogP contribution in [0.15, 0.2) is 41.8 Å². The van der Waals surface area contributed by atoms with Gasteiger partial charge in [0.2, 0.25) is 5.91 Å². The van der Waals surface area contributed by atoms with E-state index in [-0.39, 0.29) is 18.5 Å². The molecular weight excluding hydrogens is 366 g/mol. The monoisotopic (exact) mass is 395 g/mol. The van der Waals surface area contributed by atoms with E-state index in [0.29, 0.717) is 5.92 Å². The molecule has 0 aliphatic heterocycles. The Hall–Kier alpha value is -2.16. The molecule has 1 fully saturated rings. The predicted octanol–water partition coefficient (Wildman–Crippen LogP) is 4.89. The first-order chi connectivity index (χ1) is 13.5. The average Bonchev–Trinajstić information content (AvgIpc) is 3.23. The summed E-state index contributed by atoms with van der Waals surface area (Å²) in [5.41, 5.74) is 1.76. The van der Waals surface area contributed by atoms with Crippen LogP contribution in [0.2, 0.25) is 0 Å². The topological polar surface area (TPSA) is 64.9 Å². The molecule has 1 aromatic carbocycles. The van der Waals surface area contributed by atoms with Gasteiger partial charge in [-0.3, -0.25) is 10.1 Å². The molecule has 4 nitrogen and oxygen atoms in total. The van der Waals surface area contributed by atoms with Gasteiger partial charge in [0.25, 0.3) is 0 Å². The summed E-state index contributed by atoms with van der Waals surface area (Å²) in [7, 11) is 0. The van der Waals surface area contributed by atoms with Crippen LogP contribution in [0.5, 0.6) is 0 Å². The lowest BCUT2D eigenvalue weighted by molar-refractivity contribution is -0.122. The molecule has 1 aliphatic rings. The lowest BCUT2D eigenvalue weighted by Crippen LogP contribution is -2.51. The van der Waals surface area contributed by atoms with Gasteiger partial charge in [-0.2, -0.15) is 5.26 Å². The van der Waals surface area contributed by atoms with E-state index in [2.05, 4.69) is 66.3 Å². The molecule has 0 saturated heterocycles. The Balaban J connectivity index is 1.69. The standard InChI is InChI=1S/C23H29N3OS/c1-17(2)18-8-10-19(11-9-18)22(20-7-6-14-28-20)25-15-21(27)26-23(16-24)12-4-3-5-13-23/h6-11,14,17,22,25H,3-5,12-13,15H2,1-2H3,(H,26,27)/t22-/m0/s1. The fourth-order valence-corrected chi connectivity index (χ4v) is 4.66. The number of nitrogens with zero attached hydrogens (tertiary/aromatic N) is 1. The zero-order valence-electron chi connectivity index (χ0n) is 16.7. The maximum atomic E-state index is 12.6. The fraction of sp³-hybridized carbons (Fsp3) is 0.478. The molecule has 148 valence electrons. The zero-order valence-corrected chi connectivity index (χ0v) is 17.5. The van der Waals surface area contributed by atoms with Crippen LogP contribution in [-0.2, 0) is 4.79 Å². The van der Waals surface area contributed by atoms with Crippen molar-refractivity contribution in [3.8, 4) is 6.07 Å². The van der Waals surface area contributed by atoms with Crippen LogP contribution in [0.1, 0.15) is 73.9 Å². The summed E-state index contributed by atoms with van der Waals surface area (Å²) < 4.78 is 0. The molecule has 28 heavy (non-hydrogen) atoms. The number of hydrogen-bond donors (Lipinski definition) is 2. The summed E-state index contributed by atoms with van der Waals surface area (Å²) in [6.45, 7) is 4.56. The molecule has 1 aliphatic carbocycles. The third-order valence-electron chi connectivity index (χ3n) is 5.53. The molecule has 1 amide bonds. The number of carbonyl (C=O) groups is 1. The Morgan fingerprint density at radius 1 is 1.14 bits per heavy atom. The van der Waals surface area contributed by atoms with Gasteiger partial charge in [-0.15, -0.1) is 11.3 Å². The average molecular weight is 396 g/mol. The Morgan fingerprint density at radius 2 is 1.82 bits per heavy atom. The van der Waals surface area contributed by atoms with Crippen molar-refractivity contribution in [1.82, 2.24) is 10.6 Å². The molecule has 0 radical (unpaired) electrons. The van der Waals surface area contributed by atoms with Crippen molar-refractivity contribution >= 4 is 17.2 Å². The minimum absolute atomic E-state index is 0.0312. The summed E-state index contributed by atoms with van der Waals surface area (Å²) >= 11 is 1.68. The number of benzene rings is 1. The number of nitriles is 1. The normalized spacial score (nSPS) is 17.1. The van der Waals surface area contributed by atoms with Gasteiger partial charge in [-0.25, -0.2) is 0 Å². The first kappa shape index (κ1) is 20.6. The molecule has 2 N–H and O–H groups in total. The molecule has 3 rings (SSSR count). The van der Waals surface area contributed by atoms with Crippen molar-refractivity contribution in [2.24, 2.45) is 0 Å². The molecule has 0 spiro atoms. The second-order valence-electron chi connectivity index (χ2n) is 7.95. The minimum atomic E-state index is -0.686. The number of rotatable bonds is 7. The molecule has 1 saturated carbocycles. The van der Waals surface area contributed by atoms with Crippen molar-refractivity contribution < 1.29 is 4.79 Å². The highest BCUT2D eigenvalue weighted by molar-refractivity contribution is 7.10. The summed E-state index contributed by atoms with van der Waals surface area (Å²) in [6, 6.07) is 15.1. The number of amides is 1. The van der Waals surface area contributed by atoms with Gasteiger partial charge >= 0.3 is 0 Å². The highest BCUT2D eigenvalue weighted by Gasteiger charge is 2.33. The van der Waals surface area contributed by atoms with E-state index in [1.165, 1.54) is 10.4 Å². The van der Waals surface area contributed by atoms with E-state index < -0.39 is 5.54 Å². The number of hydrogen-bond acceptors (Lipinski definition) is 4. The molecule has 1 heterocycles. The maximum Gasteiger partial charge on any atom is 0.235 e. The zero-order chi connectivity index (χ0) is 20.0. The van der Waals surface area contributed by atoms with E-state index in [0.717, 1.165) is 37.7 Å². The first-order valence-electron chi connectivity index (χ1n) is 10.1. The van der Waals surface area contributed by atoms with Gasteiger partial charge < -0.3 is 5.32 Å². The second-order valence-corrected chi connectivity index (χ2v) is 8.93. The van der Waals surface area contributed by atoms with Crippen molar-refractivity contribution in [2.75, 3.05) is 6.54 Å². The van der Waals surface area contributed by atoms with Gasteiger partial charge in [0.05, 0.1) is 18.7 Å². The Labute approximate surface area is 172 Å². The van der Waals surface area contributed by atoms with E-state index >= 15 is 0 Å². The van der Waals surface area contributed by atoms with Gasteiger partial charge in [0, 0.05) is 4.88 Å². The Kier molecular flexibility index (Phi) is 6.88. The Morgan fingerprint density at radius 3 is 2.39 bits per heavy atom.